The van der Waals surface area contributed by atoms with E-state index in [2.05, 4.69) is 25.3 Å². The first kappa shape index (κ1) is 12.6. The molecule has 1 unspecified atom stereocenters. The van der Waals surface area contributed by atoms with Gasteiger partial charge in [0.2, 0.25) is 5.91 Å². The Morgan fingerprint density at radius 2 is 2.35 bits per heavy atom. The number of amides is 1. The van der Waals surface area contributed by atoms with Crippen molar-refractivity contribution in [3.63, 3.8) is 0 Å². The van der Waals surface area contributed by atoms with Gasteiger partial charge in [-0.15, -0.1) is 11.3 Å². The number of thiophene rings is 1. The maximum atomic E-state index is 12.1. The summed E-state index contributed by atoms with van der Waals surface area (Å²) in [4.78, 5) is 15.5. The lowest BCUT2D eigenvalue weighted by Crippen LogP contribution is -2.40. The molecule has 3 nitrogen and oxygen atoms in total. The molecule has 0 spiro atoms. The molecule has 94 valence electrons. The third-order valence-corrected chi connectivity index (χ3v) is 4.45. The summed E-state index contributed by atoms with van der Waals surface area (Å²) >= 11 is 1.80. The highest BCUT2D eigenvalue weighted by molar-refractivity contribution is 7.10. The van der Waals surface area contributed by atoms with Crippen LogP contribution in [0.15, 0.2) is 11.4 Å². The minimum absolute atomic E-state index is 0.0219. The van der Waals surface area contributed by atoms with Crippen LogP contribution in [0.25, 0.3) is 0 Å². The van der Waals surface area contributed by atoms with E-state index in [-0.39, 0.29) is 11.9 Å². The molecule has 17 heavy (non-hydrogen) atoms. The Balaban J connectivity index is 1.94. The van der Waals surface area contributed by atoms with Gasteiger partial charge in [-0.2, -0.15) is 0 Å². The van der Waals surface area contributed by atoms with Crippen LogP contribution in [0, 0.1) is 5.92 Å². The average molecular weight is 252 g/mol. The molecular weight excluding hydrogens is 232 g/mol. The zero-order chi connectivity index (χ0) is 12.4. The Kier molecular flexibility index (Phi) is 3.84. The van der Waals surface area contributed by atoms with E-state index < -0.39 is 0 Å². The van der Waals surface area contributed by atoms with Gasteiger partial charge in [0.15, 0.2) is 0 Å². The second kappa shape index (κ2) is 5.19. The van der Waals surface area contributed by atoms with Crippen molar-refractivity contribution in [3.8, 4) is 0 Å². The van der Waals surface area contributed by atoms with Crippen LogP contribution in [0.5, 0.6) is 0 Å². The molecule has 1 amide bonds. The molecule has 0 bridgehead atoms. The molecule has 0 saturated heterocycles. The molecule has 1 aromatic heterocycles. The number of hydrogen-bond acceptors (Lipinski definition) is 3. The van der Waals surface area contributed by atoms with Crippen molar-refractivity contribution in [2.45, 2.75) is 39.3 Å². The van der Waals surface area contributed by atoms with E-state index in [1.807, 2.05) is 4.90 Å². The van der Waals surface area contributed by atoms with Crippen molar-refractivity contribution in [1.29, 1.82) is 0 Å². The first-order valence-corrected chi connectivity index (χ1v) is 7.04. The summed E-state index contributed by atoms with van der Waals surface area (Å²) in [5.74, 6) is 0.559. The standard InChI is InChI=1S/C13H20N2OS/c1-9(2)11(14)7-13(16)15-5-3-12-10(8-15)4-6-17-12/h4,6,9,11H,3,5,7-8,14H2,1-2H3. The predicted octanol–water partition coefficient (Wildman–Crippen LogP) is 2.01. The smallest absolute Gasteiger partial charge is 0.224 e. The van der Waals surface area contributed by atoms with Crippen molar-refractivity contribution >= 4 is 17.2 Å². The largest absolute Gasteiger partial charge is 0.338 e. The maximum absolute atomic E-state index is 12.1. The Morgan fingerprint density at radius 1 is 1.59 bits per heavy atom. The average Bonchev–Trinajstić information content (AvgIpc) is 2.75. The summed E-state index contributed by atoms with van der Waals surface area (Å²) in [5.41, 5.74) is 7.27. The highest BCUT2D eigenvalue weighted by Crippen LogP contribution is 2.24. The SMILES string of the molecule is CC(C)C(N)CC(=O)N1CCc2sccc2C1. The van der Waals surface area contributed by atoms with E-state index in [0.29, 0.717) is 12.3 Å². The van der Waals surface area contributed by atoms with Gasteiger partial charge in [0.25, 0.3) is 0 Å². The molecule has 0 aliphatic carbocycles. The Hall–Kier alpha value is -0.870. The van der Waals surface area contributed by atoms with Gasteiger partial charge in [0.1, 0.15) is 0 Å². The van der Waals surface area contributed by atoms with Crippen molar-refractivity contribution in [1.82, 2.24) is 4.90 Å². The van der Waals surface area contributed by atoms with Crippen molar-refractivity contribution in [2.24, 2.45) is 11.7 Å². The monoisotopic (exact) mass is 252 g/mol. The molecule has 1 aliphatic rings. The van der Waals surface area contributed by atoms with E-state index in [9.17, 15) is 4.79 Å². The van der Waals surface area contributed by atoms with Gasteiger partial charge in [-0.25, -0.2) is 0 Å². The maximum Gasteiger partial charge on any atom is 0.224 e. The van der Waals surface area contributed by atoms with E-state index in [4.69, 9.17) is 5.73 Å². The first-order valence-electron chi connectivity index (χ1n) is 6.16. The lowest BCUT2D eigenvalue weighted by Gasteiger charge is -2.28. The van der Waals surface area contributed by atoms with E-state index in [0.717, 1.165) is 19.5 Å². The minimum atomic E-state index is -0.0219. The van der Waals surface area contributed by atoms with Crippen LogP contribution in [-0.2, 0) is 17.8 Å². The number of nitrogens with zero attached hydrogens (tertiary/aromatic N) is 1. The second-order valence-corrected chi connectivity index (χ2v) is 6.05. The lowest BCUT2D eigenvalue weighted by molar-refractivity contribution is -0.132. The van der Waals surface area contributed by atoms with E-state index in [1.165, 1.54) is 10.4 Å². The van der Waals surface area contributed by atoms with Crippen LogP contribution in [-0.4, -0.2) is 23.4 Å². The van der Waals surface area contributed by atoms with Crippen molar-refractivity contribution in [2.75, 3.05) is 6.54 Å². The van der Waals surface area contributed by atoms with Crippen LogP contribution in [0.2, 0.25) is 0 Å². The summed E-state index contributed by atoms with van der Waals surface area (Å²) < 4.78 is 0. The van der Waals surface area contributed by atoms with Crippen LogP contribution in [0.1, 0.15) is 30.7 Å². The number of fused-ring (bicyclic) bond motifs is 1. The molecule has 1 aromatic rings. The molecule has 1 atom stereocenters. The molecule has 2 rings (SSSR count). The molecule has 0 radical (unpaired) electrons. The van der Waals surface area contributed by atoms with Crippen LogP contribution in [0.3, 0.4) is 0 Å². The summed E-state index contributed by atoms with van der Waals surface area (Å²) in [7, 11) is 0. The van der Waals surface area contributed by atoms with E-state index in [1.54, 1.807) is 11.3 Å². The molecule has 2 heterocycles. The fourth-order valence-electron chi connectivity index (χ4n) is 2.03. The molecular formula is C13H20N2OS. The van der Waals surface area contributed by atoms with Crippen molar-refractivity contribution < 1.29 is 4.79 Å². The third-order valence-electron chi connectivity index (χ3n) is 3.43. The minimum Gasteiger partial charge on any atom is -0.338 e. The molecule has 2 N–H and O–H groups in total. The van der Waals surface area contributed by atoms with Gasteiger partial charge >= 0.3 is 0 Å². The Morgan fingerprint density at radius 3 is 3.06 bits per heavy atom. The molecule has 0 saturated carbocycles. The zero-order valence-corrected chi connectivity index (χ0v) is 11.3. The zero-order valence-electron chi connectivity index (χ0n) is 10.5. The van der Waals surface area contributed by atoms with Gasteiger partial charge in [0.05, 0.1) is 0 Å². The summed E-state index contributed by atoms with van der Waals surface area (Å²) in [6, 6.07) is 2.10. The van der Waals surface area contributed by atoms with Gasteiger partial charge in [-0.1, -0.05) is 13.8 Å². The summed E-state index contributed by atoms with van der Waals surface area (Å²) in [6.45, 7) is 5.73. The summed E-state index contributed by atoms with van der Waals surface area (Å²) in [5, 5.41) is 2.11. The number of carbonyl (C=O) groups is 1. The van der Waals surface area contributed by atoms with Crippen LogP contribution in [0.4, 0.5) is 0 Å². The molecule has 1 aliphatic heterocycles. The Labute approximate surface area is 107 Å². The van der Waals surface area contributed by atoms with Gasteiger partial charge in [0, 0.05) is 30.4 Å². The quantitative estimate of drug-likeness (QED) is 0.894. The normalized spacial score (nSPS) is 17.1. The van der Waals surface area contributed by atoms with Gasteiger partial charge in [-0.3, -0.25) is 4.79 Å². The lowest BCUT2D eigenvalue weighted by atomic mass is 10.0. The van der Waals surface area contributed by atoms with Gasteiger partial charge < -0.3 is 10.6 Å². The third kappa shape index (κ3) is 2.87. The highest BCUT2D eigenvalue weighted by Gasteiger charge is 2.23. The van der Waals surface area contributed by atoms with E-state index >= 15 is 0 Å². The topological polar surface area (TPSA) is 46.3 Å². The highest BCUT2D eigenvalue weighted by atomic mass is 32.1. The number of hydrogen-bond donors (Lipinski definition) is 1. The molecule has 0 fully saturated rings. The molecule has 4 heteroatoms. The molecule has 0 aromatic carbocycles. The fraction of sp³-hybridized carbons (Fsp3) is 0.615. The van der Waals surface area contributed by atoms with Gasteiger partial charge in [-0.05, 0) is 29.3 Å². The number of carbonyl (C=O) groups excluding carboxylic acids is 1. The van der Waals surface area contributed by atoms with Crippen LogP contribution >= 0.6 is 11.3 Å². The number of rotatable bonds is 3. The first-order chi connectivity index (χ1) is 8.08. The number of nitrogens with two attached hydrogens (primary N) is 1. The van der Waals surface area contributed by atoms with Crippen LogP contribution < -0.4 is 5.73 Å². The fourth-order valence-corrected chi connectivity index (χ4v) is 2.92. The Bertz CT molecular complexity index is 400. The second-order valence-electron chi connectivity index (χ2n) is 5.05. The summed E-state index contributed by atoms with van der Waals surface area (Å²) in [6.07, 6.45) is 1.47. The predicted molar refractivity (Wildman–Crippen MR) is 70.9 cm³/mol. The van der Waals surface area contributed by atoms with Crippen molar-refractivity contribution in [3.05, 3.63) is 21.9 Å².